The maximum Gasteiger partial charge on any atom is 0.133 e. The highest BCUT2D eigenvalue weighted by molar-refractivity contribution is 5.85. The molecule has 0 unspecified atom stereocenters. The first-order valence-electron chi connectivity index (χ1n) is 12.2. The third-order valence-electron chi connectivity index (χ3n) is 7.37. The van der Waals surface area contributed by atoms with Gasteiger partial charge in [0.25, 0.3) is 0 Å². The lowest BCUT2D eigenvalue weighted by atomic mass is 10.0. The van der Waals surface area contributed by atoms with Crippen LogP contribution in [0.2, 0.25) is 0 Å². The van der Waals surface area contributed by atoms with E-state index in [-0.39, 0.29) is 0 Å². The van der Waals surface area contributed by atoms with Gasteiger partial charge in [0.05, 0.1) is 23.8 Å². The molecule has 5 heteroatoms. The van der Waals surface area contributed by atoms with Crippen molar-refractivity contribution in [3.05, 3.63) is 59.8 Å². The Labute approximate surface area is 191 Å². The second kappa shape index (κ2) is 9.45. The monoisotopic (exact) mass is 430 g/mol. The van der Waals surface area contributed by atoms with Crippen molar-refractivity contribution in [2.24, 2.45) is 0 Å². The highest BCUT2D eigenvalue weighted by Crippen LogP contribution is 2.35. The molecule has 1 saturated carbocycles. The van der Waals surface area contributed by atoms with Crippen molar-refractivity contribution in [1.29, 1.82) is 0 Å². The largest absolute Gasteiger partial charge is 0.369 e. The molecule has 1 atom stereocenters. The summed E-state index contributed by atoms with van der Waals surface area (Å²) < 4.78 is 2.33. The molecule has 1 aliphatic carbocycles. The molecule has 0 radical (unpaired) electrons. The Kier molecular flexibility index (Phi) is 6.26. The van der Waals surface area contributed by atoms with E-state index in [1.807, 2.05) is 0 Å². The zero-order valence-electron chi connectivity index (χ0n) is 19.1. The Morgan fingerprint density at radius 2 is 1.88 bits per heavy atom. The lowest BCUT2D eigenvalue weighted by Crippen LogP contribution is -2.54. The predicted octanol–water partition coefficient (Wildman–Crippen LogP) is 4.65. The highest BCUT2D eigenvalue weighted by Gasteiger charge is 2.28. The molecule has 1 aliphatic heterocycles. The smallest absolute Gasteiger partial charge is 0.133 e. The number of aldehydes is 1. The Hall–Kier alpha value is -2.66. The molecule has 1 aromatic heterocycles. The minimum absolute atomic E-state index is 0.331. The summed E-state index contributed by atoms with van der Waals surface area (Å²) in [5.41, 5.74) is 5.12. The van der Waals surface area contributed by atoms with Gasteiger partial charge in [0.2, 0.25) is 0 Å². The van der Waals surface area contributed by atoms with E-state index in [4.69, 9.17) is 5.10 Å². The van der Waals surface area contributed by atoms with E-state index in [1.54, 1.807) is 0 Å². The number of aromatic nitrogens is 2. The fraction of sp³-hybridized carbons (Fsp3) is 0.481. The second-order valence-corrected chi connectivity index (χ2v) is 9.34. The average molecular weight is 431 g/mol. The highest BCUT2D eigenvalue weighted by atomic mass is 16.1. The number of piperazine rings is 1. The third-order valence-corrected chi connectivity index (χ3v) is 7.37. The van der Waals surface area contributed by atoms with Crippen LogP contribution < -0.4 is 4.90 Å². The van der Waals surface area contributed by atoms with Crippen molar-refractivity contribution in [2.45, 2.75) is 57.5 Å². The summed E-state index contributed by atoms with van der Waals surface area (Å²) in [5, 5.41) is 6.34. The van der Waals surface area contributed by atoms with Gasteiger partial charge in [0, 0.05) is 36.7 Å². The van der Waals surface area contributed by atoms with E-state index < -0.39 is 0 Å². The van der Waals surface area contributed by atoms with Gasteiger partial charge in [-0.25, -0.2) is 0 Å². The molecule has 32 heavy (non-hydrogen) atoms. The number of carbonyl (C=O) groups is 1. The summed E-state index contributed by atoms with van der Waals surface area (Å²) in [5.74, 6) is 0. The molecular weight excluding hydrogens is 396 g/mol. The average Bonchev–Trinajstić information content (AvgIpc) is 3.48. The van der Waals surface area contributed by atoms with Crippen LogP contribution in [-0.4, -0.2) is 53.2 Å². The van der Waals surface area contributed by atoms with Gasteiger partial charge in [0.1, 0.15) is 6.29 Å². The van der Waals surface area contributed by atoms with Gasteiger partial charge in [-0.1, -0.05) is 50.1 Å². The van der Waals surface area contributed by atoms with Crippen molar-refractivity contribution in [3.8, 4) is 0 Å². The molecular formula is C27H34N4O. The van der Waals surface area contributed by atoms with Gasteiger partial charge in [-0.05, 0) is 49.4 Å². The molecule has 0 bridgehead atoms. The van der Waals surface area contributed by atoms with Gasteiger partial charge in [-0.3, -0.25) is 9.58 Å². The maximum absolute atomic E-state index is 11.3. The Morgan fingerprint density at radius 1 is 1.06 bits per heavy atom. The molecule has 5 rings (SSSR count). The first-order chi connectivity index (χ1) is 15.8. The number of hydrogen-bond donors (Lipinski definition) is 0. The minimum atomic E-state index is 0.331. The zero-order chi connectivity index (χ0) is 21.9. The van der Waals surface area contributed by atoms with Crippen molar-refractivity contribution in [3.63, 3.8) is 0 Å². The summed E-state index contributed by atoms with van der Waals surface area (Å²) in [7, 11) is 0. The van der Waals surface area contributed by atoms with Gasteiger partial charge in [-0.15, -0.1) is 0 Å². The first-order valence-corrected chi connectivity index (χ1v) is 12.2. The van der Waals surface area contributed by atoms with Gasteiger partial charge in [0.15, 0.2) is 0 Å². The molecule has 5 nitrogen and oxygen atoms in total. The molecule has 0 spiro atoms. The van der Waals surface area contributed by atoms with Crippen LogP contribution in [0.3, 0.4) is 0 Å². The molecule has 1 saturated heterocycles. The van der Waals surface area contributed by atoms with Crippen LogP contribution in [0.25, 0.3) is 10.9 Å². The number of fused-ring (bicyclic) bond motifs is 1. The Bertz CT molecular complexity index is 1050. The minimum Gasteiger partial charge on any atom is -0.369 e. The number of carbonyl (C=O) groups excluding carboxylic acids is 1. The maximum atomic E-state index is 11.3. The number of anilines is 1. The van der Waals surface area contributed by atoms with Crippen molar-refractivity contribution >= 4 is 22.9 Å². The summed E-state index contributed by atoms with van der Waals surface area (Å²) in [6, 6.07) is 18.5. The molecule has 2 heterocycles. The molecule has 2 aliphatic rings. The van der Waals surface area contributed by atoms with Crippen molar-refractivity contribution in [1.82, 2.24) is 14.7 Å². The van der Waals surface area contributed by atoms with E-state index in [1.165, 1.54) is 53.5 Å². The molecule has 168 valence electrons. The fourth-order valence-electron chi connectivity index (χ4n) is 5.62. The van der Waals surface area contributed by atoms with Crippen LogP contribution >= 0.6 is 0 Å². The number of nitrogens with zero attached hydrogens (tertiary/aromatic N) is 4. The first kappa shape index (κ1) is 21.2. The quantitative estimate of drug-likeness (QED) is 0.512. The number of benzene rings is 2. The van der Waals surface area contributed by atoms with Gasteiger partial charge >= 0.3 is 0 Å². The summed E-state index contributed by atoms with van der Waals surface area (Å²) in [6.07, 6.45) is 8.10. The Morgan fingerprint density at radius 3 is 2.62 bits per heavy atom. The third kappa shape index (κ3) is 4.18. The molecule has 2 aromatic carbocycles. The van der Waals surface area contributed by atoms with E-state index in [9.17, 15) is 4.79 Å². The SMILES string of the molecule is CCc1nn(C2CCCC2)c2cc(N3CCN(CC=O)[C@@H](Cc4ccccc4)C3)ccc12. The predicted molar refractivity (Wildman–Crippen MR) is 130 cm³/mol. The van der Waals surface area contributed by atoms with E-state index in [0.717, 1.165) is 38.8 Å². The van der Waals surface area contributed by atoms with Crippen molar-refractivity contribution < 1.29 is 4.79 Å². The molecule has 2 fully saturated rings. The molecule has 0 N–H and O–H groups in total. The second-order valence-electron chi connectivity index (χ2n) is 9.34. The van der Waals surface area contributed by atoms with Crippen molar-refractivity contribution in [2.75, 3.05) is 31.1 Å². The number of rotatable bonds is 7. The van der Waals surface area contributed by atoms with E-state index in [0.29, 0.717) is 18.6 Å². The summed E-state index contributed by atoms with van der Waals surface area (Å²) >= 11 is 0. The van der Waals surface area contributed by atoms with Crippen LogP contribution in [-0.2, 0) is 17.6 Å². The summed E-state index contributed by atoms with van der Waals surface area (Å²) in [6.45, 7) is 5.51. The van der Waals surface area contributed by atoms with Gasteiger partial charge < -0.3 is 9.69 Å². The topological polar surface area (TPSA) is 41.4 Å². The van der Waals surface area contributed by atoms with Crippen LogP contribution in [0.5, 0.6) is 0 Å². The van der Waals surface area contributed by atoms with Gasteiger partial charge in [-0.2, -0.15) is 5.10 Å². The number of aryl methyl sites for hydroxylation is 1. The fourth-order valence-corrected chi connectivity index (χ4v) is 5.62. The lowest BCUT2D eigenvalue weighted by molar-refractivity contribution is -0.109. The molecule has 3 aromatic rings. The van der Waals surface area contributed by atoms with Crippen LogP contribution in [0.1, 0.15) is 49.9 Å². The Balaban J connectivity index is 1.43. The lowest BCUT2D eigenvalue weighted by Gasteiger charge is -2.42. The normalized spacial score (nSPS) is 20.3. The van der Waals surface area contributed by atoms with E-state index in [2.05, 4.69) is 69.9 Å². The summed E-state index contributed by atoms with van der Waals surface area (Å²) in [4.78, 5) is 16.1. The number of hydrogen-bond acceptors (Lipinski definition) is 4. The molecule has 0 amide bonds. The van der Waals surface area contributed by atoms with Crippen LogP contribution in [0.4, 0.5) is 5.69 Å². The zero-order valence-corrected chi connectivity index (χ0v) is 19.1. The standard InChI is InChI=1S/C27H34N4O/c1-2-26-25-13-12-23(19-27(25)31(28-26)22-10-6-7-11-22)30-15-14-29(16-17-32)24(20-30)18-21-8-4-3-5-9-21/h3-5,8-9,12-13,17,19,22,24H,2,6-7,10-11,14-16,18,20H2,1H3/t24-/m0/s1. The van der Waals surface area contributed by atoms with Crippen LogP contribution in [0, 0.1) is 0 Å². The van der Waals surface area contributed by atoms with E-state index >= 15 is 0 Å². The van der Waals surface area contributed by atoms with Crippen LogP contribution in [0.15, 0.2) is 48.5 Å².